The molecule has 0 bridgehead atoms. The lowest BCUT2D eigenvalue weighted by Crippen LogP contribution is -2.35. The van der Waals surface area contributed by atoms with Gasteiger partial charge in [0.15, 0.2) is 0 Å². The molecule has 0 aliphatic rings. The number of H-pyrrole nitrogens is 1. The summed E-state index contributed by atoms with van der Waals surface area (Å²) in [5, 5.41) is 10.8. The fourth-order valence-electron chi connectivity index (χ4n) is 3.38. The summed E-state index contributed by atoms with van der Waals surface area (Å²) < 4.78 is 16.1. The van der Waals surface area contributed by atoms with Crippen LogP contribution in [-0.4, -0.2) is 57.9 Å². The molecule has 3 aromatic heterocycles. The van der Waals surface area contributed by atoms with Crippen LogP contribution in [0.1, 0.15) is 40.7 Å². The minimum Gasteiger partial charge on any atom is -0.468 e. The Balaban J connectivity index is 1.84. The number of aliphatic hydroxyl groups excluding tert-OH is 1. The average molecular weight is 476 g/mol. The van der Waals surface area contributed by atoms with Crippen LogP contribution < -0.4 is 5.56 Å². The van der Waals surface area contributed by atoms with Crippen molar-refractivity contribution in [3.63, 3.8) is 0 Å². The molecule has 9 nitrogen and oxygen atoms in total. The van der Waals surface area contributed by atoms with Gasteiger partial charge in [0.2, 0.25) is 0 Å². The highest BCUT2D eigenvalue weighted by Gasteiger charge is 2.22. The summed E-state index contributed by atoms with van der Waals surface area (Å²) in [4.78, 5) is 35.4. The van der Waals surface area contributed by atoms with Crippen LogP contribution >= 0.6 is 11.3 Å². The van der Waals surface area contributed by atoms with Crippen molar-refractivity contribution in [1.29, 1.82) is 0 Å². The Morgan fingerprint density at radius 2 is 2.21 bits per heavy atom. The molecule has 33 heavy (non-hydrogen) atoms. The maximum atomic E-state index is 12.8. The molecule has 0 fully saturated rings. The van der Waals surface area contributed by atoms with Gasteiger partial charge in [-0.1, -0.05) is 6.08 Å². The zero-order chi connectivity index (χ0) is 24.0. The van der Waals surface area contributed by atoms with E-state index in [-0.39, 0.29) is 31.4 Å². The van der Waals surface area contributed by atoms with Gasteiger partial charge in [-0.15, -0.1) is 17.9 Å². The number of hydrogen-bond donors (Lipinski definition) is 2. The van der Waals surface area contributed by atoms with E-state index < -0.39 is 12.1 Å². The van der Waals surface area contributed by atoms with Gasteiger partial charge in [0.1, 0.15) is 21.3 Å². The second-order valence-corrected chi connectivity index (χ2v) is 8.93. The smallest absolute Gasteiger partial charge is 0.348 e. The number of furan rings is 1. The van der Waals surface area contributed by atoms with Crippen LogP contribution in [0, 0.1) is 6.92 Å². The predicted octanol–water partition coefficient (Wildman–Crippen LogP) is 3.02. The number of aromatic amines is 1. The van der Waals surface area contributed by atoms with E-state index in [9.17, 15) is 14.7 Å². The van der Waals surface area contributed by atoms with Gasteiger partial charge < -0.3 is 24.0 Å². The quantitative estimate of drug-likeness (QED) is 0.233. The van der Waals surface area contributed by atoms with E-state index >= 15 is 0 Å². The Labute approximate surface area is 195 Å². The number of nitrogens with one attached hydrogen (secondary N) is 1. The van der Waals surface area contributed by atoms with E-state index in [4.69, 9.17) is 13.9 Å². The van der Waals surface area contributed by atoms with Crippen molar-refractivity contribution < 1.29 is 23.8 Å². The van der Waals surface area contributed by atoms with Crippen molar-refractivity contribution in [2.24, 2.45) is 0 Å². The first-order chi connectivity index (χ1) is 15.8. The zero-order valence-electron chi connectivity index (χ0n) is 19.0. The highest BCUT2D eigenvalue weighted by atomic mass is 32.1. The number of aliphatic hydroxyl groups is 1. The molecule has 0 saturated heterocycles. The van der Waals surface area contributed by atoms with Crippen molar-refractivity contribution in [2.45, 2.75) is 46.1 Å². The van der Waals surface area contributed by atoms with Gasteiger partial charge in [-0.05, 0) is 38.5 Å². The second kappa shape index (κ2) is 11.4. The van der Waals surface area contributed by atoms with Gasteiger partial charge in [0.05, 0.1) is 50.2 Å². The number of aromatic nitrogens is 2. The zero-order valence-corrected chi connectivity index (χ0v) is 19.8. The van der Waals surface area contributed by atoms with Gasteiger partial charge in [-0.2, -0.15) is 0 Å². The molecule has 3 aromatic rings. The number of fused-ring (bicyclic) bond motifs is 1. The molecule has 3 heterocycles. The molecule has 178 valence electrons. The molecule has 0 aromatic carbocycles. The molecule has 0 aliphatic heterocycles. The molecule has 0 spiro atoms. The first kappa shape index (κ1) is 24.8. The van der Waals surface area contributed by atoms with Crippen LogP contribution in [0.25, 0.3) is 10.2 Å². The van der Waals surface area contributed by atoms with E-state index in [1.54, 1.807) is 39.2 Å². The molecule has 3 rings (SSSR count). The number of thiophene rings is 1. The fourth-order valence-corrected chi connectivity index (χ4v) is 4.47. The van der Waals surface area contributed by atoms with Gasteiger partial charge in [-0.3, -0.25) is 9.69 Å². The summed E-state index contributed by atoms with van der Waals surface area (Å²) in [6.07, 6.45) is 2.18. The van der Waals surface area contributed by atoms with Crippen molar-refractivity contribution >= 4 is 27.5 Å². The average Bonchev–Trinajstić information content (AvgIpc) is 3.35. The number of carbonyl (C=O) groups is 1. The number of ether oxygens (including phenoxy) is 2. The SMILES string of the molecule is C=CCOC[C@H](O)CN(Cc1nc2sc(C(=O)OC(C)C)c(C)c2c(=O)[nH]1)Cc1ccco1. The highest BCUT2D eigenvalue weighted by molar-refractivity contribution is 7.20. The molecule has 0 radical (unpaired) electrons. The number of nitrogens with zero attached hydrogens (tertiary/aromatic N) is 2. The van der Waals surface area contributed by atoms with Crippen molar-refractivity contribution in [3.05, 3.63) is 63.4 Å². The van der Waals surface area contributed by atoms with Gasteiger partial charge >= 0.3 is 5.97 Å². The molecule has 0 unspecified atom stereocenters. The first-order valence-corrected chi connectivity index (χ1v) is 11.4. The summed E-state index contributed by atoms with van der Waals surface area (Å²) in [6, 6.07) is 3.62. The van der Waals surface area contributed by atoms with Gasteiger partial charge in [-0.25, -0.2) is 9.78 Å². The lowest BCUT2D eigenvalue weighted by atomic mass is 10.2. The summed E-state index contributed by atoms with van der Waals surface area (Å²) in [7, 11) is 0. The van der Waals surface area contributed by atoms with Crippen molar-refractivity contribution in [1.82, 2.24) is 14.9 Å². The summed E-state index contributed by atoms with van der Waals surface area (Å²) >= 11 is 1.14. The topological polar surface area (TPSA) is 118 Å². The lowest BCUT2D eigenvalue weighted by Gasteiger charge is -2.23. The van der Waals surface area contributed by atoms with E-state index in [1.807, 2.05) is 11.0 Å². The fraction of sp³-hybridized carbons (Fsp3) is 0.435. The largest absolute Gasteiger partial charge is 0.468 e. The number of aryl methyl sites for hydroxylation is 1. The number of rotatable bonds is 12. The molecular formula is C23H29N3O6S. The maximum Gasteiger partial charge on any atom is 0.348 e. The second-order valence-electron chi connectivity index (χ2n) is 7.93. The van der Waals surface area contributed by atoms with E-state index in [1.165, 1.54) is 0 Å². The predicted molar refractivity (Wildman–Crippen MR) is 125 cm³/mol. The normalized spacial score (nSPS) is 12.5. The van der Waals surface area contributed by atoms with E-state index in [2.05, 4.69) is 16.5 Å². The molecular weight excluding hydrogens is 446 g/mol. The Bertz CT molecular complexity index is 1140. The van der Waals surface area contributed by atoms with Crippen LogP contribution in [-0.2, 0) is 22.6 Å². The third-order valence-electron chi connectivity index (χ3n) is 4.73. The molecule has 0 aliphatic carbocycles. The first-order valence-electron chi connectivity index (χ1n) is 10.6. The maximum absolute atomic E-state index is 12.8. The summed E-state index contributed by atoms with van der Waals surface area (Å²) in [5.74, 6) is 0.667. The van der Waals surface area contributed by atoms with Gasteiger partial charge in [0, 0.05) is 6.54 Å². The minimum absolute atomic E-state index is 0.148. The third-order valence-corrected chi connectivity index (χ3v) is 5.89. The van der Waals surface area contributed by atoms with Crippen LogP contribution in [0.5, 0.6) is 0 Å². The van der Waals surface area contributed by atoms with Crippen LogP contribution in [0.4, 0.5) is 0 Å². The Morgan fingerprint density at radius 3 is 2.88 bits per heavy atom. The Morgan fingerprint density at radius 1 is 1.42 bits per heavy atom. The third kappa shape index (κ3) is 6.61. The van der Waals surface area contributed by atoms with Crippen LogP contribution in [0.2, 0.25) is 0 Å². The Hall–Kier alpha value is -2.79. The monoisotopic (exact) mass is 475 g/mol. The standard InChI is InChI=1S/C23H29N3O6S/c1-5-8-30-13-16(27)10-26(11-17-7-6-9-31-17)12-18-24-21(28)19-15(4)20(33-22(19)25-18)23(29)32-14(2)3/h5-7,9,14,16,27H,1,8,10-13H2,2-4H3,(H,24,25,28)/t16-/m1/s1. The molecule has 2 N–H and O–H groups in total. The molecule has 0 amide bonds. The van der Waals surface area contributed by atoms with E-state index in [0.29, 0.717) is 45.4 Å². The highest BCUT2D eigenvalue weighted by Crippen LogP contribution is 2.28. The Kier molecular flexibility index (Phi) is 8.56. The van der Waals surface area contributed by atoms with Crippen LogP contribution in [0.15, 0.2) is 40.3 Å². The van der Waals surface area contributed by atoms with E-state index in [0.717, 1.165) is 11.3 Å². The van der Waals surface area contributed by atoms with Gasteiger partial charge in [0.25, 0.3) is 5.56 Å². The number of carbonyl (C=O) groups excluding carboxylic acids is 1. The lowest BCUT2D eigenvalue weighted by molar-refractivity contribution is 0.0210. The molecule has 1 atom stereocenters. The summed E-state index contributed by atoms with van der Waals surface area (Å²) in [5.41, 5.74) is 0.239. The van der Waals surface area contributed by atoms with Crippen molar-refractivity contribution in [3.8, 4) is 0 Å². The molecule has 0 saturated carbocycles. The molecule has 10 heteroatoms. The van der Waals surface area contributed by atoms with Crippen molar-refractivity contribution in [2.75, 3.05) is 19.8 Å². The number of esters is 1. The van der Waals surface area contributed by atoms with Crippen LogP contribution in [0.3, 0.4) is 0 Å². The minimum atomic E-state index is -0.753. The summed E-state index contributed by atoms with van der Waals surface area (Å²) in [6.45, 7) is 10.3. The number of hydrogen-bond acceptors (Lipinski definition) is 9.